The Morgan fingerprint density at radius 3 is 1.79 bits per heavy atom. The van der Waals surface area contributed by atoms with E-state index in [9.17, 15) is 38.7 Å². The predicted octanol–water partition coefficient (Wildman–Crippen LogP) is 1.69. The monoisotopic (exact) mass is 899 g/mol. The molecule has 6 atom stereocenters. The number of nitrogens with zero attached hydrogens (tertiary/aromatic N) is 3. The number of fused-ring (bicyclic) bond motifs is 3. The van der Waals surface area contributed by atoms with Crippen LogP contribution in [0.4, 0.5) is 0 Å². The van der Waals surface area contributed by atoms with Gasteiger partial charge in [-0.1, -0.05) is 98.8 Å². The molecule has 7 amide bonds. The van der Waals surface area contributed by atoms with E-state index in [0.717, 1.165) is 22.0 Å². The third-order valence-corrected chi connectivity index (χ3v) is 11.6. The fourth-order valence-corrected chi connectivity index (χ4v) is 8.07. The molecule has 0 spiro atoms. The van der Waals surface area contributed by atoms with Crippen LogP contribution in [0.5, 0.6) is 0 Å². The smallest absolute Gasteiger partial charge is 0.246 e. The average Bonchev–Trinajstić information content (AvgIpc) is 3.80. The zero-order chi connectivity index (χ0) is 47.5. The molecule has 0 aliphatic carbocycles. The fourth-order valence-electron chi connectivity index (χ4n) is 8.07. The van der Waals surface area contributed by atoms with Crippen LogP contribution in [0.2, 0.25) is 0 Å². The molecule has 0 unspecified atom stereocenters. The normalized spacial score (nSPS) is 15.8. The van der Waals surface area contributed by atoms with E-state index < -0.39 is 90.1 Å². The van der Waals surface area contributed by atoms with Gasteiger partial charge in [-0.25, -0.2) is 0 Å². The van der Waals surface area contributed by atoms with E-state index in [4.69, 9.17) is 10.7 Å². The van der Waals surface area contributed by atoms with E-state index in [1.165, 1.54) is 11.8 Å². The molecule has 0 saturated carbocycles. The first-order valence-electron chi connectivity index (χ1n) is 22.0. The highest BCUT2D eigenvalue weighted by atomic mass is 16.3. The van der Waals surface area contributed by atoms with Crippen LogP contribution in [-0.2, 0) is 52.8 Å². The van der Waals surface area contributed by atoms with Gasteiger partial charge in [-0.2, -0.15) is 0 Å². The van der Waals surface area contributed by atoms with Crippen molar-refractivity contribution in [1.82, 2.24) is 41.5 Å². The van der Waals surface area contributed by atoms with Gasteiger partial charge in [-0.15, -0.1) is 0 Å². The molecule has 3 heterocycles. The number of nitrogens with one attached hydrogen (secondary N) is 5. The van der Waals surface area contributed by atoms with Crippen molar-refractivity contribution >= 4 is 63.2 Å². The number of rotatable bonds is 19. The summed E-state index contributed by atoms with van der Waals surface area (Å²) in [6.45, 7) is 5.99. The van der Waals surface area contributed by atoms with Crippen molar-refractivity contribution < 1.29 is 38.7 Å². The number of hydrogen-bond acceptors (Lipinski definition) is 10. The Labute approximate surface area is 382 Å². The summed E-state index contributed by atoms with van der Waals surface area (Å²) in [5, 5.41) is 25.5. The second-order valence-corrected chi connectivity index (χ2v) is 17.0. The molecule has 346 valence electrons. The standard InChI is InChI=1S/C49H57N9O8/c1-28(2)41(57-46(63)38(52-30(4)60)26-35-22-21-34-20-19-33-18-17-29(3)51-42(33)43(34)53-35)49(66)58-23-11-16-40(58)48(65)56-39(27-59)47(64)55-37(25-32-14-9-6-10-15-32)45(62)54-36(44(50)61)24-31-12-7-5-8-13-31/h5-10,12-15,17-22,28,36-41,59H,11,16,23-27H2,1-4H3,(H2,50,61)(H,52,60)(H,54,62)(H,55,64)(H,56,65)(H,57,63)/t36-,37-,38-,39+,40-,41-/m0/s1. The van der Waals surface area contributed by atoms with E-state index in [0.29, 0.717) is 28.7 Å². The number of primary amides is 1. The van der Waals surface area contributed by atoms with Gasteiger partial charge in [-0.3, -0.25) is 43.5 Å². The summed E-state index contributed by atoms with van der Waals surface area (Å²) in [7, 11) is 0. The number of pyridine rings is 2. The van der Waals surface area contributed by atoms with E-state index in [1.807, 2.05) is 43.3 Å². The summed E-state index contributed by atoms with van der Waals surface area (Å²) in [5.74, 6) is -5.17. The number of carbonyl (C=O) groups excluding carboxylic acids is 7. The fraction of sp³-hybridized carbons (Fsp3) is 0.367. The van der Waals surface area contributed by atoms with Crippen molar-refractivity contribution in [2.45, 2.75) is 96.1 Å². The molecule has 1 saturated heterocycles. The molecule has 8 N–H and O–H groups in total. The van der Waals surface area contributed by atoms with Crippen molar-refractivity contribution in [3.63, 3.8) is 0 Å². The van der Waals surface area contributed by atoms with E-state index >= 15 is 0 Å². The zero-order valence-corrected chi connectivity index (χ0v) is 37.5. The van der Waals surface area contributed by atoms with Gasteiger partial charge in [0.1, 0.15) is 36.3 Å². The Morgan fingerprint density at radius 2 is 1.20 bits per heavy atom. The first kappa shape index (κ1) is 48.2. The highest BCUT2D eigenvalue weighted by Crippen LogP contribution is 2.24. The van der Waals surface area contributed by atoms with Gasteiger partial charge in [-0.05, 0) is 48.9 Å². The van der Waals surface area contributed by atoms with Crippen LogP contribution in [0.1, 0.15) is 56.1 Å². The molecule has 0 radical (unpaired) electrons. The van der Waals surface area contributed by atoms with Crippen molar-refractivity contribution in [2.24, 2.45) is 11.7 Å². The summed E-state index contributed by atoms with van der Waals surface area (Å²) in [6, 6.07) is 22.1. The maximum atomic E-state index is 14.3. The minimum atomic E-state index is -1.53. The Kier molecular flexibility index (Phi) is 16.1. The number of aliphatic hydroxyl groups is 1. The largest absolute Gasteiger partial charge is 0.394 e. The molecular weight excluding hydrogens is 843 g/mol. The molecule has 66 heavy (non-hydrogen) atoms. The SMILES string of the molecule is CC(=O)N[C@@H](Cc1ccc2ccc3ccc(C)nc3c2n1)C(=O)N[C@H](C(=O)N1CCC[C@H]1C(=O)N[C@H](CO)C(=O)N[C@@H](Cc1ccccc1)C(=O)N[C@@H](Cc1ccccc1)C(N)=O)C(C)C. The lowest BCUT2D eigenvalue weighted by Gasteiger charge is -2.32. The first-order chi connectivity index (χ1) is 31.6. The van der Waals surface area contributed by atoms with Crippen LogP contribution in [0, 0.1) is 12.8 Å². The van der Waals surface area contributed by atoms with Gasteiger partial charge < -0.3 is 42.3 Å². The number of carbonyl (C=O) groups is 7. The van der Waals surface area contributed by atoms with Crippen LogP contribution >= 0.6 is 0 Å². The Hall–Kier alpha value is -7.27. The van der Waals surface area contributed by atoms with Gasteiger partial charge in [0.05, 0.1) is 17.6 Å². The quantitative estimate of drug-likeness (QED) is 0.0591. The lowest BCUT2D eigenvalue weighted by molar-refractivity contribution is -0.143. The second kappa shape index (κ2) is 22.1. The predicted molar refractivity (Wildman–Crippen MR) is 247 cm³/mol. The van der Waals surface area contributed by atoms with Crippen molar-refractivity contribution in [3.8, 4) is 0 Å². The highest BCUT2D eigenvalue weighted by molar-refractivity contribution is 6.03. The molecule has 5 aromatic rings. The minimum absolute atomic E-state index is 0.00445. The molecule has 17 heteroatoms. The first-order valence-corrected chi connectivity index (χ1v) is 22.0. The summed E-state index contributed by atoms with van der Waals surface area (Å²) >= 11 is 0. The number of aliphatic hydroxyl groups excluding tert-OH is 1. The number of hydrogen-bond donors (Lipinski definition) is 7. The third kappa shape index (κ3) is 12.3. The summed E-state index contributed by atoms with van der Waals surface area (Å²) in [6.07, 6.45) is 0.790. The number of nitrogens with two attached hydrogens (primary N) is 1. The summed E-state index contributed by atoms with van der Waals surface area (Å²) in [4.78, 5) is 105. The maximum Gasteiger partial charge on any atom is 0.246 e. The van der Waals surface area contributed by atoms with Crippen LogP contribution in [0.3, 0.4) is 0 Å². The zero-order valence-electron chi connectivity index (χ0n) is 37.5. The number of aryl methyl sites for hydroxylation is 1. The molecule has 1 aliphatic rings. The molecule has 2 aromatic heterocycles. The van der Waals surface area contributed by atoms with E-state index in [-0.39, 0.29) is 32.2 Å². The molecule has 0 bridgehead atoms. The van der Waals surface area contributed by atoms with Gasteiger partial charge in [0.15, 0.2) is 0 Å². The van der Waals surface area contributed by atoms with Gasteiger partial charge in [0.2, 0.25) is 41.4 Å². The number of amides is 7. The summed E-state index contributed by atoms with van der Waals surface area (Å²) in [5.41, 5.74) is 9.79. The van der Waals surface area contributed by atoms with Crippen molar-refractivity contribution in [3.05, 3.63) is 120 Å². The number of likely N-dealkylation sites (tertiary alicyclic amines) is 1. The van der Waals surface area contributed by atoms with Gasteiger partial charge >= 0.3 is 0 Å². The van der Waals surface area contributed by atoms with Crippen molar-refractivity contribution in [1.29, 1.82) is 0 Å². The minimum Gasteiger partial charge on any atom is -0.394 e. The molecule has 6 rings (SSSR count). The lowest BCUT2D eigenvalue weighted by Crippen LogP contribution is -2.61. The maximum absolute atomic E-state index is 14.3. The van der Waals surface area contributed by atoms with E-state index in [1.54, 1.807) is 74.5 Å². The Bertz CT molecular complexity index is 2570. The van der Waals surface area contributed by atoms with E-state index in [2.05, 4.69) is 31.6 Å². The van der Waals surface area contributed by atoms with Gasteiger partial charge in [0, 0.05) is 54.9 Å². The lowest BCUT2D eigenvalue weighted by atomic mass is 10.0. The molecule has 17 nitrogen and oxygen atoms in total. The molecule has 3 aromatic carbocycles. The second-order valence-electron chi connectivity index (χ2n) is 17.0. The van der Waals surface area contributed by atoms with Crippen LogP contribution in [0.25, 0.3) is 21.8 Å². The Morgan fingerprint density at radius 1 is 0.667 bits per heavy atom. The van der Waals surface area contributed by atoms with Crippen LogP contribution in [-0.4, -0.2) is 111 Å². The summed E-state index contributed by atoms with van der Waals surface area (Å²) < 4.78 is 0. The number of aromatic nitrogens is 2. The molecule has 1 fully saturated rings. The topological polar surface area (TPSA) is 255 Å². The van der Waals surface area contributed by atoms with Crippen LogP contribution < -0.4 is 32.3 Å². The van der Waals surface area contributed by atoms with Crippen LogP contribution in [0.15, 0.2) is 97.1 Å². The third-order valence-electron chi connectivity index (χ3n) is 11.6. The molecular formula is C49H57N9O8. The van der Waals surface area contributed by atoms with Gasteiger partial charge in [0.25, 0.3) is 0 Å². The number of benzene rings is 3. The van der Waals surface area contributed by atoms with Crippen molar-refractivity contribution in [2.75, 3.05) is 13.2 Å². The molecule has 1 aliphatic heterocycles. The highest BCUT2D eigenvalue weighted by Gasteiger charge is 2.41. The Balaban J connectivity index is 1.13. The average molecular weight is 900 g/mol.